The number of likely N-dealkylation sites (tertiary alicyclic amines) is 2. The number of carbonyl (C=O) groups is 1. The van der Waals surface area contributed by atoms with Crippen molar-refractivity contribution in [1.82, 2.24) is 19.8 Å². The maximum atomic E-state index is 14.3. The Morgan fingerprint density at radius 3 is 2.66 bits per heavy atom. The van der Waals surface area contributed by atoms with Gasteiger partial charge in [0.05, 0.1) is 12.8 Å². The maximum absolute atomic E-state index is 14.3. The standard InChI is InChI=1S/C24H30FN5O2/c1-2-32-23(31)29-11-5-19(6-12-29)28-13-7-24(8-14-28)17-30(22-16-26-9-10-27-22)21-4-3-18(25)15-20(21)24/h3-4,9-10,15-16,19H,2,5-8,11-14,17H2,1H3. The SMILES string of the molecule is CCOC(=O)N1CCC(N2CCC3(CC2)CN(c2cnccn2)c2ccc(F)cc23)CC1. The molecular weight excluding hydrogens is 409 g/mol. The minimum Gasteiger partial charge on any atom is -0.450 e. The van der Waals surface area contributed by atoms with Gasteiger partial charge >= 0.3 is 6.09 Å². The first-order valence-corrected chi connectivity index (χ1v) is 11.6. The van der Waals surface area contributed by atoms with Gasteiger partial charge in [0, 0.05) is 49.2 Å². The Morgan fingerprint density at radius 2 is 1.97 bits per heavy atom. The molecule has 0 bridgehead atoms. The van der Waals surface area contributed by atoms with Gasteiger partial charge in [-0.1, -0.05) is 0 Å². The molecule has 1 aromatic carbocycles. The Morgan fingerprint density at radius 1 is 1.19 bits per heavy atom. The zero-order valence-electron chi connectivity index (χ0n) is 18.5. The number of amides is 1. The van der Waals surface area contributed by atoms with E-state index in [4.69, 9.17) is 4.74 Å². The molecule has 3 aliphatic heterocycles. The minimum atomic E-state index is -0.197. The van der Waals surface area contributed by atoms with Gasteiger partial charge in [-0.05, 0) is 69.5 Å². The third-order valence-electron chi connectivity index (χ3n) is 7.37. The molecule has 5 rings (SSSR count). The van der Waals surface area contributed by atoms with E-state index in [9.17, 15) is 9.18 Å². The van der Waals surface area contributed by atoms with E-state index in [1.54, 1.807) is 24.7 Å². The minimum absolute atomic E-state index is 0.0723. The molecular formula is C24H30FN5O2. The number of rotatable bonds is 3. The molecule has 3 aliphatic rings. The van der Waals surface area contributed by atoms with Crippen molar-refractivity contribution < 1.29 is 13.9 Å². The molecule has 7 nitrogen and oxygen atoms in total. The van der Waals surface area contributed by atoms with E-state index in [-0.39, 0.29) is 17.3 Å². The molecule has 32 heavy (non-hydrogen) atoms. The Labute approximate surface area is 188 Å². The summed E-state index contributed by atoms with van der Waals surface area (Å²) in [5, 5.41) is 0. The van der Waals surface area contributed by atoms with Crippen LogP contribution in [0.3, 0.4) is 0 Å². The molecule has 0 aliphatic carbocycles. The Hall–Kier alpha value is -2.74. The smallest absolute Gasteiger partial charge is 0.409 e. The van der Waals surface area contributed by atoms with Crippen molar-refractivity contribution in [2.24, 2.45) is 0 Å². The Kier molecular flexibility index (Phi) is 5.71. The van der Waals surface area contributed by atoms with Crippen molar-refractivity contribution in [3.8, 4) is 0 Å². The molecule has 2 saturated heterocycles. The molecule has 0 radical (unpaired) electrons. The lowest BCUT2D eigenvalue weighted by atomic mass is 9.74. The second kappa shape index (κ2) is 8.65. The highest BCUT2D eigenvalue weighted by atomic mass is 19.1. The van der Waals surface area contributed by atoms with Crippen molar-refractivity contribution in [3.63, 3.8) is 0 Å². The summed E-state index contributed by atoms with van der Waals surface area (Å²) in [5.41, 5.74) is 2.07. The first-order valence-electron chi connectivity index (χ1n) is 11.6. The zero-order valence-corrected chi connectivity index (χ0v) is 18.5. The van der Waals surface area contributed by atoms with Gasteiger partial charge in [-0.3, -0.25) is 4.98 Å². The van der Waals surface area contributed by atoms with Gasteiger partial charge in [-0.2, -0.15) is 0 Å². The van der Waals surface area contributed by atoms with Crippen molar-refractivity contribution >= 4 is 17.6 Å². The molecule has 8 heteroatoms. The summed E-state index contributed by atoms with van der Waals surface area (Å²) in [6.45, 7) is 6.52. The number of ether oxygens (including phenoxy) is 1. The molecule has 170 valence electrons. The van der Waals surface area contributed by atoms with Crippen molar-refractivity contribution in [3.05, 3.63) is 48.2 Å². The molecule has 0 saturated carbocycles. The van der Waals surface area contributed by atoms with Gasteiger partial charge in [0.2, 0.25) is 0 Å². The van der Waals surface area contributed by atoms with Crippen LogP contribution in [0.5, 0.6) is 0 Å². The predicted octanol–water partition coefficient (Wildman–Crippen LogP) is 3.72. The molecule has 0 N–H and O–H groups in total. The van der Waals surface area contributed by atoms with Crippen LogP contribution in [-0.4, -0.2) is 71.2 Å². The fraction of sp³-hybridized carbons (Fsp3) is 0.542. The van der Waals surface area contributed by atoms with Crippen LogP contribution in [0.25, 0.3) is 0 Å². The first kappa shape index (κ1) is 21.1. The van der Waals surface area contributed by atoms with Crippen LogP contribution >= 0.6 is 0 Å². The number of fused-ring (bicyclic) bond motifs is 2. The van der Waals surface area contributed by atoms with E-state index >= 15 is 0 Å². The van der Waals surface area contributed by atoms with Gasteiger partial charge in [0.15, 0.2) is 5.82 Å². The summed E-state index contributed by atoms with van der Waals surface area (Å²) >= 11 is 0. The highest BCUT2D eigenvalue weighted by Gasteiger charge is 2.46. The normalized spacial score (nSPS) is 21.1. The van der Waals surface area contributed by atoms with Crippen LogP contribution in [-0.2, 0) is 10.2 Å². The lowest BCUT2D eigenvalue weighted by molar-refractivity contribution is 0.0581. The van der Waals surface area contributed by atoms with Crippen LogP contribution in [0.4, 0.5) is 20.7 Å². The molecule has 0 unspecified atom stereocenters. The fourth-order valence-electron chi connectivity index (χ4n) is 5.65. The second-order valence-corrected chi connectivity index (χ2v) is 9.04. The highest BCUT2D eigenvalue weighted by molar-refractivity contribution is 5.70. The summed E-state index contributed by atoms with van der Waals surface area (Å²) in [4.78, 5) is 27.3. The molecule has 1 amide bonds. The quantitative estimate of drug-likeness (QED) is 0.727. The van der Waals surface area contributed by atoms with E-state index < -0.39 is 0 Å². The molecule has 4 heterocycles. The van der Waals surface area contributed by atoms with E-state index in [1.807, 2.05) is 17.9 Å². The summed E-state index contributed by atoms with van der Waals surface area (Å²) in [6, 6.07) is 5.63. The average molecular weight is 440 g/mol. The van der Waals surface area contributed by atoms with Crippen molar-refractivity contribution in [1.29, 1.82) is 0 Å². The summed E-state index contributed by atoms with van der Waals surface area (Å²) in [5.74, 6) is 0.629. The van der Waals surface area contributed by atoms with Gasteiger partial charge in [-0.25, -0.2) is 14.2 Å². The van der Waals surface area contributed by atoms with Gasteiger partial charge in [0.25, 0.3) is 0 Å². The Bertz CT molecular complexity index is 956. The van der Waals surface area contributed by atoms with Crippen LogP contribution in [0.1, 0.15) is 38.2 Å². The van der Waals surface area contributed by atoms with Crippen LogP contribution in [0, 0.1) is 5.82 Å². The first-order chi connectivity index (χ1) is 15.6. The molecule has 1 spiro atoms. The number of nitrogens with zero attached hydrogens (tertiary/aromatic N) is 5. The molecule has 2 fully saturated rings. The largest absolute Gasteiger partial charge is 0.450 e. The third-order valence-corrected chi connectivity index (χ3v) is 7.37. The van der Waals surface area contributed by atoms with Crippen LogP contribution in [0.2, 0.25) is 0 Å². The third kappa shape index (κ3) is 3.81. The summed E-state index contributed by atoms with van der Waals surface area (Å²) < 4.78 is 19.4. The Balaban J connectivity index is 1.28. The predicted molar refractivity (Wildman–Crippen MR) is 120 cm³/mol. The number of hydrogen-bond acceptors (Lipinski definition) is 6. The molecule has 2 aromatic rings. The zero-order chi connectivity index (χ0) is 22.1. The second-order valence-electron chi connectivity index (χ2n) is 9.04. The fourth-order valence-corrected chi connectivity index (χ4v) is 5.65. The van der Waals surface area contributed by atoms with Crippen LogP contribution < -0.4 is 4.90 Å². The van der Waals surface area contributed by atoms with E-state index in [2.05, 4.69) is 19.8 Å². The maximum Gasteiger partial charge on any atom is 0.409 e. The topological polar surface area (TPSA) is 61.8 Å². The lowest BCUT2D eigenvalue weighted by Crippen LogP contribution is -2.52. The number of benzene rings is 1. The number of halogens is 1. The number of piperidine rings is 2. The van der Waals surface area contributed by atoms with E-state index in [0.29, 0.717) is 12.6 Å². The van der Waals surface area contributed by atoms with Crippen molar-refractivity contribution in [2.45, 2.75) is 44.1 Å². The summed E-state index contributed by atoms with van der Waals surface area (Å²) in [6.07, 6.45) is 8.87. The van der Waals surface area contributed by atoms with Gasteiger partial charge in [-0.15, -0.1) is 0 Å². The lowest BCUT2D eigenvalue weighted by Gasteiger charge is -2.45. The number of carbonyl (C=O) groups excluding carboxylic acids is 1. The van der Waals surface area contributed by atoms with Gasteiger partial charge in [0.1, 0.15) is 5.82 Å². The van der Waals surface area contributed by atoms with Crippen molar-refractivity contribution in [2.75, 3.05) is 44.2 Å². The van der Waals surface area contributed by atoms with E-state index in [1.165, 1.54) is 6.07 Å². The van der Waals surface area contributed by atoms with E-state index in [0.717, 1.165) is 75.5 Å². The number of anilines is 2. The van der Waals surface area contributed by atoms with Gasteiger partial charge < -0.3 is 19.4 Å². The molecule has 0 atom stereocenters. The molecule has 1 aromatic heterocycles. The highest BCUT2D eigenvalue weighted by Crippen LogP contribution is 2.49. The monoisotopic (exact) mass is 439 g/mol. The number of hydrogen-bond donors (Lipinski definition) is 0. The summed E-state index contributed by atoms with van der Waals surface area (Å²) in [7, 11) is 0. The number of aromatic nitrogens is 2. The average Bonchev–Trinajstić information content (AvgIpc) is 3.13. The van der Waals surface area contributed by atoms with Crippen LogP contribution in [0.15, 0.2) is 36.8 Å².